The summed E-state index contributed by atoms with van der Waals surface area (Å²) < 4.78 is 93.4. The minimum absolute atomic E-state index is 0.00750. The third-order valence-electron chi connectivity index (χ3n) is 26.5. The summed E-state index contributed by atoms with van der Waals surface area (Å²) in [6, 6.07) is 0.655. The normalized spacial score (nSPS) is 44.6. The van der Waals surface area contributed by atoms with E-state index in [0.29, 0.717) is 44.4 Å². The lowest BCUT2D eigenvalue weighted by Crippen LogP contribution is -2.60. The fourth-order valence-corrected chi connectivity index (χ4v) is 20.9. The molecule has 12 rings (SSSR count). The summed E-state index contributed by atoms with van der Waals surface area (Å²) in [7, 11) is 14.8. The smallest absolute Gasteiger partial charge is 0.307 e. The second-order valence-corrected chi connectivity index (χ2v) is 33.7. The molecule has 0 bridgehead atoms. The Kier molecular flexibility index (Phi) is 30.6. The van der Waals surface area contributed by atoms with Crippen LogP contribution in [-0.2, 0) is 90.2 Å². The van der Waals surface area contributed by atoms with Gasteiger partial charge in [0.2, 0.25) is 0 Å². The number of likely N-dealkylation sites (N-methyl/N-ethyl adjacent to an activating group) is 2. The van der Waals surface area contributed by atoms with E-state index in [4.69, 9.17) is 71.1 Å². The summed E-state index contributed by atoms with van der Waals surface area (Å²) in [5.74, 6) is -0.406. The van der Waals surface area contributed by atoms with Gasteiger partial charge in [-0.15, -0.1) is 0 Å². The number of rotatable bonds is 20. The van der Waals surface area contributed by atoms with Gasteiger partial charge < -0.3 is 86.0 Å². The van der Waals surface area contributed by atoms with Crippen molar-refractivity contribution in [3.05, 3.63) is 71.9 Å². The van der Waals surface area contributed by atoms with Crippen molar-refractivity contribution in [3.8, 4) is 0 Å². The van der Waals surface area contributed by atoms with Gasteiger partial charge in [-0.2, -0.15) is 0 Å². The molecule has 8 fully saturated rings. The van der Waals surface area contributed by atoms with E-state index in [9.17, 15) is 24.3 Å². The van der Waals surface area contributed by atoms with Crippen LogP contribution in [0, 0.1) is 71.0 Å². The quantitative estimate of drug-likeness (QED) is 0.0881. The van der Waals surface area contributed by atoms with E-state index in [2.05, 4.69) is 114 Å². The number of methoxy groups -OCH3 is 4. The van der Waals surface area contributed by atoms with Gasteiger partial charge in [-0.3, -0.25) is 19.2 Å². The number of hydrogen-bond donors (Lipinski definition) is 1. The van der Waals surface area contributed by atoms with E-state index in [1.54, 1.807) is 28.4 Å². The summed E-state index contributed by atoms with van der Waals surface area (Å²) in [6.45, 7) is 18.7. The number of carbonyl (C=O) groups is 4. The first-order valence-corrected chi connectivity index (χ1v) is 41.5. The van der Waals surface area contributed by atoms with Gasteiger partial charge in [-0.25, -0.2) is 0 Å². The van der Waals surface area contributed by atoms with Crippen LogP contribution in [0.2, 0.25) is 0 Å². The first-order valence-electron chi connectivity index (χ1n) is 41.5. The van der Waals surface area contributed by atoms with Crippen LogP contribution in [0.4, 0.5) is 0 Å². The molecule has 0 radical (unpaired) electrons. The number of Topliss-reactive ketones (excluding diaryl/α,β-unsaturated/α-hetero) is 2. The van der Waals surface area contributed by atoms with Crippen LogP contribution in [0.5, 0.6) is 0 Å². The lowest BCUT2D eigenvalue weighted by Gasteiger charge is -2.44. The Balaban J connectivity index is 0.000000215. The molecular formula is C86H134N2O20. The molecule has 608 valence electrons. The number of aliphatic hydroxyl groups is 1. The Bertz CT molecular complexity index is 3130. The van der Waals surface area contributed by atoms with Gasteiger partial charge >= 0.3 is 11.9 Å². The van der Waals surface area contributed by atoms with E-state index in [-0.39, 0.29) is 187 Å². The average molecular weight is 1520 g/mol. The van der Waals surface area contributed by atoms with Gasteiger partial charge in [-0.1, -0.05) is 76.3 Å². The van der Waals surface area contributed by atoms with Crippen LogP contribution >= 0.6 is 0 Å². The molecule has 6 saturated heterocycles. The van der Waals surface area contributed by atoms with Crippen LogP contribution in [-0.4, -0.2) is 237 Å². The summed E-state index contributed by atoms with van der Waals surface area (Å²) in [6.07, 6.45) is 27.6. The SMILES string of the molecule is CC/C=C/[C@H]1CCC[C@H](OC2CC[C@H](N(C)C)[C@@H](C)O2)[C@@H](C)C(=O)C2=CC3C(C=CC4C[C@@H](O[C@@H]5O[C@@H](C)[C@H](OC)[C@@H](O)[C@H]5OC)CC43)C2CC(=O)O1.CC/C=C/[C@H]1CCC[C@H](OC2CC[C@H](N(C)C)[C@@H](C)O2)[C@@H](C)C(=O)C2=CC3C(C=CC4C[C@@H](O[C@@H]5O[C@@H](C)[C@H](OC)[C@@H](OCC)[C@H]5OC)CC43)C2CC(=O)O1. The number of cyclic esters (lactones) is 2. The topological polar surface area (TPSA) is 233 Å². The number of carbonyl (C=O) groups excluding carboxylic acids is 4. The van der Waals surface area contributed by atoms with Gasteiger partial charge in [0.15, 0.2) is 36.7 Å². The lowest BCUT2D eigenvalue weighted by atomic mass is 9.70. The fourth-order valence-electron chi connectivity index (χ4n) is 20.9. The highest BCUT2D eigenvalue weighted by Gasteiger charge is 2.56. The van der Waals surface area contributed by atoms with Gasteiger partial charge in [0.25, 0.3) is 0 Å². The molecule has 0 aromatic carbocycles. The first kappa shape index (κ1) is 85.0. The van der Waals surface area contributed by atoms with Crippen LogP contribution in [0.15, 0.2) is 71.9 Å². The highest BCUT2D eigenvalue weighted by Crippen LogP contribution is 2.57. The molecule has 0 aromatic rings. The number of esters is 2. The minimum atomic E-state index is -0.885. The van der Waals surface area contributed by atoms with Crippen molar-refractivity contribution >= 4 is 23.5 Å². The highest BCUT2D eigenvalue weighted by atomic mass is 16.7. The third-order valence-corrected chi connectivity index (χ3v) is 26.5. The summed E-state index contributed by atoms with van der Waals surface area (Å²) >= 11 is 0. The molecule has 6 aliphatic carbocycles. The summed E-state index contributed by atoms with van der Waals surface area (Å²) in [5.41, 5.74) is 1.49. The molecule has 0 spiro atoms. The largest absolute Gasteiger partial charge is 0.458 e. The van der Waals surface area contributed by atoms with Crippen molar-refractivity contribution in [3.63, 3.8) is 0 Å². The van der Waals surface area contributed by atoms with Gasteiger partial charge in [-0.05, 0) is 236 Å². The fraction of sp³-hybridized carbons (Fsp3) is 0.814. The van der Waals surface area contributed by atoms with Gasteiger partial charge in [0, 0.05) is 70.8 Å². The van der Waals surface area contributed by atoms with E-state index < -0.39 is 42.9 Å². The lowest BCUT2D eigenvalue weighted by molar-refractivity contribution is -0.317. The molecule has 12 unspecified atom stereocenters. The monoisotopic (exact) mass is 1510 g/mol. The number of allylic oxidation sites excluding steroid dienone is 10. The molecule has 1 N–H and O–H groups in total. The van der Waals surface area contributed by atoms with Crippen LogP contribution < -0.4 is 0 Å². The van der Waals surface area contributed by atoms with Crippen molar-refractivity contribution in [2.24, 2.45) is 71.0 Å². The van der Waals surface area contributed by atoms with Crippen LogP contribution in [0.3, 0.4) is 0 Å². The molecule has 34 atom stereocenters. The van der Waals surface area contributed by atoms with Crippen molar-refractivity contribution in [2.45, 2.75) is 313 Å². The number of aliphatic hydroxyl groups excluding tert-OH is 1. The van der Waals surface area contributed by atoms with Crippen molar-refractivity contribution in [1.29, 1.82) is 0 Å². The van der Waals surface area contributed by atoms with E-state index >= 15 is 0 Å². The Morgan fingerprint density at radius 3 is 1.30 bits per heavy atom. The van der Waals surface area contributed by atoms with E-state index in [1.807, 2.05) is 46.8 Å². The number of nitrogens with zero attached hydrogens (tertiary/aromatic N) is 2. The molecule has 108 heavy (non-hydrogen) atoms. The second-order valence-electron chi connectivity index (χ2n) is 33.7. The van der Waals surface area contributed by atoms with Crippen LogP contribution in [0.25, 0.3) is 0 Å². The zero-order chi connectivity index (χ0) is 77.4. The summed E-state index contributed by atoms with van der Waals surface area (Å²) in [4.78, 5) is 61.2. The van der Waals surface area contributed by atoms with E-state index in [1.165, 1.54) is 0 Å². The van der Waals surface area contributed by atoms with Gasteiger partial charge in [0.1, 0.15) is 48.8 Å². The number of fused-ring (bicyclic) bond motifs is 10. The predicted octanol–water partition coefficient (Wildman–Crippen LogP) is 11.8. The number of hydrogen-bond acceptors (Lipinski definition) is 22. The number of ether oxygens (including phenoxy) is 15. The predicted molar refractivity (Wildman–Crippen MR) is 407 cm³/mol. The zero-order valence-corrected chi connectivity index (χ0v) is 67.9. The molecule has 22 heteroatoms. The molecule has 12 aliphatic rings. The Morgan fingerprint density at radius 1 is 0.472 bits per heavy atom. The Labute approximate surface area is 644 Å². The maximum absolute atomic E-state index is 14.8. The first-order chi connectivity index (χ1) is 51.9. The molecule has 22 nitrogen and oxygen atoms in total. The maximum atomic E-state index is 14.8. The van der Waals surface area contributed by atoms with Crippen molar-refractivity contribution in [2.75, 3.05) is 63.2 Å². The molecule has 0 amide bonds. The molecule has 2 saturated carbocycles. The number of ketones is 2. The van der Waals surface area contributed by atoms with Crippen LogP contribution in [0.1, 0.15) is 178 Å². The Morgan fingerprint density at radius 2 is 0.898 bits per heavy atom. The van der Waals surface area contributed by atoms with Crippen molar-refractivity contribution < 1.29 is 95.3 Å². The molecule has 0 aromatic heterocycles. The third kappa shape index (κ3) is 19.5. The molecular weight excluding hydrogens is 1380 g/mol. The zero-order valence-electron chi connectivity index (χ0n) is 67.9. The summed E-state index contributed by atoms with van der Waals surface area (Å²) in [5, 5.41) is 11.0. The Hall–Kier alpha value is -3.92. The second kappa shape index (κ2) is 38.9. The molecule has 6 heterocycles. The van der Waals surface area contributed by atoms with Crippen molar-refractivity contribution in [1.82, 2.24) is 9.80 Å². The maximum Gasteiger partial charge on any atom is 0.307 e. The molecule has 6 aliphatic heterocycles. The highest BCUT2D eigenvalue weighted by molar-refractivity contribution is 6.00. The van der Waals surface area contributed by atoms with E-state index in [0.717, 1.165) is 88.2 Å². The minimum Gasteiger partial charge on any atom is -0.458 e. The standard InChI is InChI=1S/C44H69NO10.C42H65NO10/c1-10-12-14-29-15-13-16-37(55-39-20-19-36(45(6)7)26(4)51-39)25(3)40(47)35-23-33-31(34(35)24-38(46)53-29)18-17-28-21-30(22-32(28)33)54-44-43(49-9)42(50-11-2)41(48-8)27(5)52-44;1-9-10-12-27-13-11-14-35(53-37-18-17-34(43(5)6)24(3)49-37)23(2)38(45)33-21-31-29(32(33)22-36(44)51-27)16-15-26-19-28(20-30(26)31)52-42-41(48-8)39(46)40(47-7)25(4)50-42/h12,14,17-18,23,25-34,36-37,39,41-44H,10-11,13,15-16,19-22,24H2,1-9H3;10,12,15-16,21,23-32,34-35,37,39-42,46H,9,11,13-14,17-20,22H2,1-8H3/b14-12+;12-10+/t25-,26-,27+,28?,29+,30-,31?,32?,33?,34?,36+,37+,39?,41+,42-,43-,44+;23-,24-,25+,26?,27+,28-,29?,30?,31?,32?,34+,35+,37?,39-,40+,41-,42+/m11/s1. The van der Waals surface area contributed by atoms with Gasteiger partial charge in [0.05, 0.1) is 61.7 Å². The average Bonchev–Trinajstić information content (AvgIpc) is 1.60.